The van der Waals surface area contributed by atoms with Crippen LogP contribution in [-0.2, 0) is 5.41 Å². The summed E-state index contributed by atoms with van der Waals surface area (Å²) in [4.78, 5) is 11.3. The molecule has 0 fully saturated rings. The summed E-state index contributed by atoms with van der Waals surface area (Å²) < 4.78 is 1.87. The SMILES string of the molecule is CC(C)n1c(C(=O)O)ccc1-c1ccc(C(C)(C)C)cc1. The summed E-state index contributed by atoms with van der Waals surface area (Å²) in [5.74, 6) is -0.888. The summed E-state index contributed by atoms with van der Waals surface area (Å²) in [7, 11) is 0. The fraction of sp³-hybridized carbons (Fsp3) is 0.389. The molecular weight excluding hydrogens is 262 g/mol. The van der Waals surface area contributed by atoms with E-state index >= 15 is 0 Å². The standard InChI is InChI=1S/C18H23NO2/c1-12(2)19-15(10-11-16(19)17(20)21)13-6-8-14(9-7-13)18(3,4)5/h6-12H,1-5H3,(H,20,21). The van der Waals surface area contributed by atoms with Crippen LogP contribution in [0.25, 0.3) is 11.3 Å². The fourth-order valence-electron chi connectivity index (χ4n) is 2.56. The number of carboxylic acid groups (broad SMARTS) is 1. The summed E-state index contributed by atoms with van der Waals surface area (Å²) in [5.41, 5.74) is 3.71. The molecule has 0 aliphatic carbocycles. The molecule has 0 saturated heterocycles. The van der Waals surface area contributed by atoms with Gasteiger partial charge in [-0.05, 0) is 42.5 Å². The number of benzene rings is 1. The number of aromatic nitrogens is 1. The van der Waals surface area contributed by atoms with Gasteiger partial charge in [0.2, 0.25) is 0 Å². The Kier molecular flexibility index (Phi) is 3.95. The van der Waals surface area contributed by atoms with Crippen LogP contribution >= 0.6 is 0 Å². The molecule has 0 aliphatic heterocycles. The molecule has 2 aromatic rings. The number of carboxylic acids is 1. The van der Waals surface area contributed by atoms with Gasteiger partial charge in [-0.1, -0.05) is 45.0 Å². The van der Waals surface area contributed by atoms with E-state index in [4.69, 9.17) is 0 Å². The van der Waals surface area contributed by atoms with Crippen LogP contribution < -0.4 is 0 Å². The molecule has 0 radical (unpaired) electrons. The molecule has 0 bridgehead atoms. The van der Waals surface area contributed by atoms with E-state index < -0.39 is 5.97 Å². The Balaban J connectivity index is 2.50. The highest BCUT2D eigenvalue weighted by Crippen LogP contribution is 2.29. The predicted octanol–water partition coefficient (Wildman–Crippen LogP) is 4.73. The van der Waals surface area contributed by atoms with Crippen molar-refractivity contribution in [3.05, 3.63) is 47.7 Å². The molecule has 0 aliphatic rings. The molecule has 1 N–H and O–H groups in total. The van der Waals surface area contributed by atoms with Crippen molar-refractivity contribution < 1.29 is 9.90 Å². The van der Waals surface area contributed by atoms with E-state index in [9.17, 15) is 9.90 Å². The van der Waals surface area contributed by atoms with Crippen molar-refractivity contribution in [2.24, 2.45) is 0 Å². The summed E-state index contributed by atoms with van der Waals surface area (Å²) in [5, 5.41) is 9.30. The quantitative estimate of drug-likeness (QED) is 0.885. The van der Waals surface area contributed by atoms with E-state index in [1.165, 1.54) is 5.56 Å². The second-order valence-electron chi connectivity index (χ2n) is 6.70. The molecule has 0 unspecified atom stereocenters. The van der Waals surface area contributed by atoms with E-state index in [0.29, 0.717) is 5.69 Å². The molecular formula is C18H23NO2. The molecule has 2 rings (SSSR count). The van der Waals surface area contributed by atoms with E-state index in [1.54, 1.807) is 6.07 Å². The van der Waals surface area contributed by atoms with Crippen molar-refractivity contribution in [2.75, 3.05) is 0 Å². The third-order valence-corrected chi connectivity index (χ3v) is 3.70. The van der Waals surface area contributed by atoms with Gasteiger partial charge < -0.3 is 9.67 Å². The molecule has 1 heterocycles. The average Bonchev–Trinajstić information content (AvgIpc) is 2.82. The topological polar surface area (TPSA) is 42.2 Å². The molecule has 112 valence electrons. The highest BCUT2D eigenvalue weighted by Gasteiger charge is 2.18. The van der Waals surface area contributed by atoms with Gasteiger partial charge in [0.15, 0.2) is 0 Å². The van der Waals surface area contributed by atoms with E-state index in [1.807, 2.05) is 24.5 Å². The van der Waals surface area contributed by atoms with Gasteiger partial charge in [0.1, 0.15) is 5.69 Å². The first-order chi connectivity index (χ1) is 9.71. The Morgan fingerprint density at radius 2 is 1.62 bits per heavy atom. The summed E-state index contributed by atoms with van der Waals surface area (Å²) in [6, 6.07) is 12.0. The zero-order chi connectivity index (χ0) is 15.8. The number of aromatic carboxylic acids is 1. The maximum Gasteiger partial charge on any atom is 0.352 e. The number of rotatable bonds is 3. The zero-order valence-corrected chi connectivity index (χ0v) is 13.3. The van der Waals surface area contributed by atoms with E-state index in [2.05, 4.69) is 45.0 Å². The Bertz CT molecular complexity index is 643. The first-order valence-electron chi connectivity index (χ1n) is 7.27. The minimum atomic E-state index is -0.888. The lowest BCUT2D eigenvalue weighted by Crippen LogP contribution is -2.12. The zero-order valence-electron chi connectivity index (χ0n) is 13.3. The van der Waals surface area contributed by atoms with Crippen molar-refractivity contribution >= 4 is 5.97 Å². The van der Waals surface area contributed by atoms with E-state index in [-0.39, 0.29) is 11.5 Å². The van der Waals surface area contributed by atoms with Crippen LogP contribution in [0, 0.1) is 0 Å². The van der Waals surface area contributed by atoms with Gasteiger partial charge in [-0.2, -0.15) is 0 Å². The van der Waals surface area contributed by atoms with Crippen LogP contribution in [0.15, 0.2) is 36.4 Å². The number of carbonyl (C=O) groups is 1. The Morgan fingerprint density at radius 1 is 1.05 bits per heavy atom. The molecule has 3 heteroatoms. The molecule has 0 atom stereocenters. The Morgan fingerprint density at radius 3 is 2.05 bits per heavy atom. The molecule has 3 nitrogen and oxygen atoms in total. The van der Waals surface area contributed by atoms with Crippen LogP contribution in [-0.4, -0.2) is 15.6 Å². The van der Waals surface area contributed by atoms with Gasteiger partial charge >= 0.3 is 5.97 Å². The second kappa shape index (κ2) is 5.40. The van der Waals surface area contributed by atoms with Crippen LogP contribution in [0.3, 0.4) is 0 Å². The third kappa shape index (κ3) is 3.02. The lowest BCUT2D eigenvalue weighted by atomic mass is 9.86. The van der Waals surface area contributed by atoms with Crippen molar-refractivity contribution in [1.82, 2.24) is 4.57 Å². The molecule has 1 aromatic heterocycles. The van der Waals surface area contributed by atoms with Gasteiger partial charge in [0.05, 0.1) is 0 Å². The van der Waals surface area contributed by atoms with Gasteiger partial charge in [-0.15, -0.1) is 0 Å². The van der Waals surface area contributed by atoms with Crippen molar-refractivity contribution in [3.63, 3.8) is 0 Å². The Labute approximate surface area is 126 Å². The van der Waals surface area contributed by atoms with Crippen LogP contribution in [0.5, 0.6) is 0 Å². The number of nitrogens with zero attached hydrogens (tertiary/aromatic N) is 1. The molecule has 0 spiro atoms. The monoisotopic (exact) mass is 285 g/mol. The average molecular weight is 285 g/mol. The highest BCUT2D eigenvalue weighted by atomic mass is 16.4. The van der Waals surface area contributed by atoms with Gasteiger partial charge in [-0.3, -0.25) is 0 Å². The minimum absolute atomic E-state index is 0.100. The van der Waals surface area contributed by atoms with Crippen molar-refractivity contribution in [3.8, 4) is 11.3 Å². The smallest absolute Gasteiger partial charge is 0.352 e. The normalized spacial score (nSPS) is 11.9. The minimum Gasteiger partial charge on any atom is -0.477 e. The second-order valence-corrected chi connectivity index (χ2v) is 6.70. The summed E-state index contributed by atoms with van der Waals surface area (Å²) in [6.07, 6.45) is 0. The predicted molar refractivity (Wildman–Crippen MR) is 85.9 cm³/mol. The molecule has 0 amide bonds. The highest BCUT2D eigenvalue weighted by molar-refractivity contribution is 5.87. The molecule has 21 heavy (non-hydrogen) atoms. The first kappa shape index (κ1) is 15.4. The largest absolute Gasteiger partial charge is 0.477 e. The summed E-state index contributed by atoms with van der Waals surface area (Å²) in [6.45, 7) is 10.5. The maximum atomic E-state index is 11.3. The first-order valence-corrected chi connectivity index (χ1v) is 7.27. The molecule has 1 aromatic carbocycles. The number of hydrogen-bond acceptors (Lipinski definition) is 1. The van der Waals surface area contributed by atoms with Gasteiger partial charge in [0, 0.05) is 11.7 Å². The third-order valence-electron chi connectivity index (χ3n) is 3.70. The summed E-state index contributed by atoms with van der Waals surface area (Å²) >= 11 is 0. The number of hydrogen-bond donors (Lipinski definition) is 1. The van der Waals surface area contributed by atoms with E-state index in [0.717, 1.165) is 11.3 Å². The van der Waals surface area contributed by atoms with Crippen molar-refractivity contribution in [2.45, 2.75) is 46.1 Å². The lowest BCUT2D eigenvalue weighted by Gasteiger charge is -2.20. The van der Waals surface area contributed by atoms with Crippen LogP contribution in [0.2, 0.25) is 0 Å². The van der Waals surface area contributed by atoms with Crippen LogP contribution in [0.4, 0.5) is 0 Å². The van der Waals surface area contributed by atoms with Gasteiger partial charge in [-0.25, -0.2) is 4.79 Å². The molecule has 0 saturated carbocycles. The maximum absolute atomic E-state index is 11.3. The fourth-order valence-corrected chi connectivity index (χ4v) is 2.56. The lowest BCUT2D eigenvalue weighted by molar-refractivity contribution is 0.0683. The van der Waals surface area contributed by atoms with Crippen molar-refractivity contribution in [1.29, 1.82) is 0 Å². The van der Waals surface area contributed by atoms with Crippen LogP contribution in [0.1, 0.15) is 56.7 Å². The van der Waals surface area contributed by atoms with Gasteiger partial charge in [0.25, 0.3) is 0 Å². The Hall–Kier alpha value is -2.03.